The summed E-state index contributed by atoms with van der Waals surface area (Å²) in [6, 6.07) is 2.14. The van der Waals surface area contributed by atoms with E-state index in [-0.39, 0.29) is 23.6 Å². The van der Waals surface area contributed by atoms with Crippen LogP contribution in [-0.4, -0.2) is 46.9 Å². The van der Waals surface area contributed by atoms with Gasteiger partial charge in [-0.15, -0.1) is 0 Å². The summed E-state index contributed by atoms with van der Waals surface area (Å²) in [5, 5.41) is 5.48. The Bertz CT molecular complexity index is 600. The molecule has 1 unspecified atom stereocenters. The van der Waals surface area contributed by atoms with E-state index in [2.05, 4.69) is 15.6 Å². The summed E-state index contributed by atoms with van der Waals surface area (Å²) in [5.41, 5.74) is 5.68. The molecule has 0 saturated carbocycles. The van der Waals surface area contributed by atoms with Gasteiger partial charge in [-0.05, 0) is 24.5 Å². The number of aromatic nitrogens is 1. The lowest BCUT2D eigenvalue weighted by molar-refractivity contribution is -0.128. The predicted octanol–water partition coefficient (Wildman–Crippen LogP) is 0.559. The van der Waals surface area contributed by atoms with E-state index >= 15 is 0 Å². The van der Waals surface area contributed by atoms with Crippen LogP contribution in [0.5, 0.6) is 0 Å². The number of rotatable bonds is 4. The van der Waals surface area contributed by atoms with E-state index in [9.17, 15) is 14.4 Å². The van der Waals surface area contributed by atoms with Crippen LogP contribution in [0.2, 0.25) is 0 Å². The third-order valence-corrected chi connectivity index (χ3v) is 3.55. The Hall–Kier alpha value is -2.64. The van der Waals surface area contributed by atoms with Gasteiger partial charge in [0.05, 0.1) is 11.9 Å². The second-order valence-corrected chi connectivity index (χ2v) is 5.86. The van der Waals surface area contributed by atoms with Gasteiger partial charge in [0.2, 0.25) is 5.91 Å². The van der Waals surface area contributed by atoms with E-state index < -0.39 is 11.9 Å². The average molecular weight is 319 g/mol. The Labute approximate surface area is 134 Å². The van der Waals surface area contributed by atoms with Crippen LogP contribution in [0.25, 0.3) is 0 Å². The Morgan fingerprint density at radius 2 is 2.22 bits per heavy atom. The number of carbonyl (C=O) groups excluding carboxylic acids is 3. The number of pyridine rings is 1. The van der Waals surface area contributed by atoms with Crippen LogP contribution in [0.3, 0.4) is 0 Å². The van der Waals surface area contributed by atoms with Gasteiger partial charge in [0.25, 0.3) is 5.91 Å². The summed E-state index contributed by atoms with van der Waals surface area (Å²) in [7, 11) is 0. The summed E-state index contributed by atoms with van der Waals surface area (Å²) in [6.45, 7) is 4.89. The summed E-state index contributed by atoms with van der Waals surface area (Å²) < 4.78 is 0. The molecule has 1 saturated heterocycles. The standard InChI is InChI=1S/C15H21N5O3/c1-9(2)7-12-14(22)17-5-6-20(12)15(23)19-10-3-4-11(13(16)21)18-8-10/h3-4,8-9,12H,5-7H2,1-2H3,(H2,16,21)(H,17,22)(H,19,23). The van der Waals surface area contributed by atoms with Gasteiger partial charge in [-0.3, -0.25) is 9.59 Å². The lowest BCUT2D eigenvalue weighted by Crippen LogP contribution is -2.58. The SMILES string of the molecule is CC(C)CC1C(=O)NCCN1C(=O)Nc1ccc(C(N)=O)nc1. The minimum absolute atomic E-state index is 0.123. The molecule has 1 aliphatic heterocycles. The monoisotopic (exact) mass is 319 g/mol. The Kier molecular flexibility index (Phi) is 5.15. The van der Waals surface area contributed by atoms with Crippen LogP contribution in [0.15, 0.2) is 18.3 Å². The summed E-state index contributed by atoms with van der Waals surface area (Å²) in [5.74, 6) is -0.481. The molecule has 0 bridgehead atoms. The maximum absolute atomic E-state index is 12.4. The molecule has 0 radical (unpaired) electrons. The van der Waals surface area contributed by atoms with Crippen LogP contribution in [-0.2, 0) is 4.79 Å². The normalized spacial score (nSPS) is 17.8. The van der Waals surface area contributed by atoms with Crippen molar-refractivity contribution in [2.75, 3.05) is 18.4 Å². The largest absolute Gasteiger partial charge is 0.364 e. The summed E-state index contributed by atoms with van der Waals surface area (Å²) >= 11 is 0. The number of hydrogen-bond acceptors (Lipinski definition) is 4. The molecule has 0 aromatic carbocycles. The molecular weight excluding hydrogens is 298 g/mol. The van der Waals surface area contributed by atoms with Crippen molar-refractivity contribution in [1.82, 2.24) is 15.2 Å². The smallest absolute Gasteiger partial charge is 0.322 e. The van der Waals surface area contributed by atoms with Gasteiger partial charge in [0.1, 0.15) is 11.7 Å². The van der Waals surface area contributed by atoms with Crippen LogP contribution in [0.4, 0.5) is 10.5 Å². The molecule has 0 spiro atoms. The second-order valence-electron chi connectivity index (χ2n) is 5.86. The maximum Gasteiger partial charge on any atom is 0.322 e. The summed E-state index contributed by atoms with van der Waals surface area (Å²) in [6.07, 6.45) is 1.96. The van der Waals surface area contributed by atoms with Crippen molar-refractivity contribution < 1.29 is 14.4 Å². The van der Waals surface area contributed by atoms with Gasteiger partial charge in [0, 0.05) is 13.1 Å². The molecule has 0 aliphatic carbocycles. The van der Waals surface area contributed by atoms with Crippen molar-refractivity contribution in [3.8, 4) is 0 Å². The van der Waals surface area contributed by atoms with E-state index in [1.807, 2.05) is 13.8 Å². The van der Waals surface area contributed by atoms with Gasteiger partial charge < -0.3 is 21.3 Å². The lowest BCUT2D eigenvalue weighted by Gasteiger charge is -2.35. The van der Waals surface area contributed by atoms with Crippen LogP contribution in [0, 0.1) is 5.92 Å². The van der Waals surface area contributed by atoms with Crippen LogP contribution >= 0.6 is 0 Å². The van der Waals surface area contributed by atoms with Crippen molar-refractivity contribution in [3.05, 3.63) is 24.0 Å². The zero-order valence-corrected chi connectivity index (χ0v) is 13.2. The number of carbonyl (C=O) groups is 3. The third-order valence-electron chi connectivity index (χ3n) is 3.55. The highest BCUT2D eigenvalue weighted by molar-refractivity contribution is 5.95. The quantitative estimate of drug-likeness (QED) is 0.751. The van der Waals surface area contributed by atoms with E-state index in [0.717, 1.165) is 0 Å². The minimum Gasteiger partial charge on any atom is -0.364 e. The lowest BCUT2D eigenvalue weighted by atomic mass is 10.0. The van der Waals surface area contributed by atoms with Crippen LogP contribution < -0.4 is 16.4 Å². The van der Waals surface area contributed by atoms with E-state index in [1.165, 1.54) is 17.2 Å². The number of anilines is 1. The second kappa shape index (κ2) is 7.08. The molecule has 1 aromatic heterocycles. The maximum atomic E-state index is 12.4. The molecule has 23 heavy (non-hydrogen) atoms. The molecule has 4 N–H and O–H groups in total. The Morgan fingerprint density at radius 1 is 1.48 bits per heavy atom. The van der Waals surface area contributed by atoms with Crippen molar-refractivity contribution in [2.24, 2.45) is 11.7 Å². The van der Waals surface area contributed by atoms with Crippen molar-refractivity contribution in [2.45, 2.75) is 26.3 Å². The number of amides is 4. The fourth-order valence-electron chi connectivity index (χ4n) is 2.45. The molecule has 1 aliphatic rings. The molecule has 2 heterocycles. The molecule has 8 heteroatoms. The number of urea groups is 1. The highest BCUT2D eigenvalue weighted by Crippen LogP contribution is 2.16. The first-order valence-corrected chi connectivity index (χ1v) is 7.49. The molecule has 1 fully saturated rings. The number of nitrogens with one attached hydrogen (secondary N) is 2. The molecule has 4 amide bonds. The molecule has 2 rings (SSSR count). The molecule has 1 atom stereocenters. The zero-order valence-electron chi connectivity index (χ0n) is 13.2. The third kappa shape index (κ3) is 4.18. The average Bonchev–Trinajstić information content (AvgIpc) is 2.49. The molecule has 124 valence electrons. The summed E-state index contributed by atoms with van der Waals surface area (Å²) in [4.78, 5) is 40.8. The first kappa shape index (κ1) is 16.7. The highest BCUT2D eigenvalue weighted by atomic mass is 16.2. The first-order chi connectivity index (χ1) is 10.9. The number of nitrogens with two attached hydrogens (primary N) is 1. The van der Waals surface area contributed by atoms with Gasteiger partial charge in [0.15, 0.2) is 0 Å². The van der Waals surface area contributed by atoms with Crippen molar-refractivity contribution in [1.29, 1.82) is 0 Å². The Morgan fingerprint density at radius 3 is 2.78 bits per heavy atom. The fraction of sp³-hybridized carbons (Fsp3) is 0.467. The number of nitrogens with zero attached hydrogens (tertiary/aromatic N) is 2. The van der Waals surface area contributed by atoms with Gasteiger partial charge in [-0.1, -0.05) is 13.8 Å². The number of piperazine rings is 1. The molecular formula is C15H21N5O3. The van der Waals surface area contributed by atoms with E-state index in [4.69, 9.17) is 5.73 Å². The van der Waals surface area contributed by atoms with Gasteiger partial charge >= 0.3 is 6.03 Å². The topological polar surface area (TPSA) is 117 Å². The zero-order chi connectivity index (χ0) is 17.0. The Balaban J connectivity index is 2.08. The van der Waals surface area contributed by atoms with Crippen molar-refractivity contribution in [3.63, 3.8) is 0 Å². The molecule has 1 aromatic rings. The molecule has 8 nitrogen and oxygen atoms in total. The highest BCUT2D eigenvalue weighted by Gasteiger charge is 2.33. The first-order valence-electron chi connectivity index (χ1n) is 7.49. The fourth-order valence-corrected chi connectivity index (χ4v) is 2.45. The number of hydrogen-bond donors (Lipinski definition) is 3. The number of primary amides is 1. The minimum atomic E-state index is -0.632. The van der Waals surface area contributed by atoms with Gasteiger partial charge in [-0.25, -0.2) is 9.78 Å². The van der Waals surface area contributed by atoms with Crippen LogP contribution in [0.1, 0.15) is 30.8 Å². The van der Waals surface area contributed by atoms with E-state index in [1.54, 1.807) is 6.07 Å². The van der Waals surface area contributed by atoms with Crippen molar-refractivity contribution >= 4 is 23.5 Å². The predicted molar refractivity (Wildman–Crippen MR) is 84.7 cm³/mol. The van der Waals surface area contributed by atoms with Gasteiger partial charge in [-0.2, -0.15) is 0 Å². The van der Waals surface area contributed by atoms with E-state index in [0.29, 0.717) is 25.2 Å².